The summed E-state index contributed by atoms with van der Waals surface area (Å²) in [7, 11) is 2.07. The Labute approximate surface area is 114 Å². The number of nitrogens with zero attached hydrogens (tertiary/aromatic N) is 1. The van der Waals surface area contributed by atoms with Crippen LogP contribution < -0.4 is 5.73 Å². The Morgan fingerprint density at radius 2 is 2.00 bits per heavy atom. The number of benzene rings is 1. The molecule has 0 aliphatic heterocycles. The van der Waals surface area contributed by atoms with Gasteiger partial charge in [-0.2, -0.15) is 0 Å². The highest BCUT2D eigenvalue weighted by atomic mass is 35.5. The van der Waals surface area contributed by atoms with Gasteiger partial charge in [0.05, 0.1) is 4.99 Å². The minimum atomic E-state index is 0.244. The van der Waals surface area contributed by atoms with E-state index in [1.807, 2.05) is 18.2 Å². The zero-order valence-corrected chi connectivity index (χ0v) is 12.1. The van der Waals surface area contributed by atoms with Crippen molar-refractivity contribution in [1.29, 1.82) is 0 Å². The van der Waals surface area contributed by atoms with Crippen molar-refractivity contribution in [2.75, 3.05) is 7.05 Å². The minimum Gasteiger partial charge on any atom is -0.393 e. The molecule has 0 aliphatic rings. The van der Waals surface area contributed by atoms with Crippen molar-refractivity contribution in [3.63, 3.8) is 0 Å². The molecule has 0 spiro atoms. The molecule has 0 aromatic heterocycles. The van der Waals surface area contributed by atoms with Crippen molar-refractivity contribution in [3.8, 4) is 0 Å². The highest BCUT2D eigenvalue weighted by Crippen LogP contribution is 2.27. The first kappa shape index (κ1) is 14.4. The quantitative estimate of drug-likeness (QED) is 0.832. The summed E-state index contributed by atoms with van der Waals surface area (Å²) in [4.78, 5) is 2.79. The number of hydrogen-bond acceptors (Lipinski definition) is 2. The van der Waals surface area contributed by atoms with Gasteiger partial charge in [0.25, 0.3) is 0 Å². The number of hydrogen-bond donors (Lipinski definition) is 1. The summed E-state index contributed by atoms with van der Waals surface area (Å²) in [6.07, 6.45) is 0.723. The average Bonchev–Trinajstić information content (AvgIpc) is 2.27. The molecule has 94 valence electrons. The lowest BCUT2D eigenvalue weighted by atomic mass is 10.0. The molecule has 17 heavy (non-hydrogen) atoms. The Bertz CT molecular complexity index is 395. The summed E-state index contributed by atoms with van der Waals surface area (Å²) < 4.78 is 0. The van der Waals surface area contributed by atoms with Gasteiger partial charge in [-0.1, -0.05) is 42.0 Å². The van der Waals surface area contributed by atoms with Gasteiger partial charge in [0.15, 0.2) is 0 Å². The van der Waals surface area contributed by atoms with E-state index in [1.165, 1.54) is 0 Å². The van der Waals surface area contributed by atoms with Gasteiger partial charge in [0.1, 0.15) is 0 Å². The Kier molecular flexibility index (Phi) is 5.37. The second kappa shape index (κ2) is 6.34. The average molecular weight is 271 g/mol. The summed E-state index contributed by atoms with van der Waals surface area (Å²) in [5.74, 6) is 0. The molecule has 2 unspecified atom stereocenters. The third-order valence-electron chi connectivity index (χ3n) is 3.16. The molecular weight excluding hydrogens is 252 g/mol. The van der Waals surface area contributed by atoms with Crippen LogP contribution in [0.15, 0.2) is 24.3 Å². The molecule has 0 saturated heterocycles. The molecule has 4 heteroatoms. The lowest BCUT2D eigenvalue weighted by molar-refractivity contribution is 0.202. The lowest BCUT2D eigenvalue weighted by Gasteiger charge is -2.31. The van der Waals surface area contributed by atoms with E-state index in [2.05, 4.69) is 31.9 Å². The van der Waals surface area contributed by atoms with Crippen LogP contribution in [0, 0.1) is 0 Å². The van der Waals surface area contributed by atoms with Crippen LogP contribution in [0.2, 0.25) is 5.02 Å². The Morgan fingerprint density at radius 1 is 1.41 bits per heavy atom. The van der Waals surface area contributed by atoms with Crippen LogP contribution in [0.5, 0.6) is 0 Å². The molecule has 0 fully saturated rings. The number of thiocarbonyl (C=S) groups is 1. The first-order chi connectivity index (χ1) is 7.93. The standard InChI is InChI=1S/C13H19ClN2S/c1-9(8-13(15)17)16(3)10(2)11-6-4-5-7-12(11)14/h4-7,9-10H,8H2,1-3H3,(H2,15,17). The second-order valence-electron chi connectivity index (χ2n) is 4.38. The molecule has 2 nitrogen and oxygen atoms in total. The van der Waals surface area contributed by atoms with Crippen molar-refractivity contribution in [3.05, 3.63) is 34.9 Å². The summed E-state index contributed by atoms with van der Waals surface area (Å²) in [6.45, 7) is 4.25. The Balaban J connectivity index is 2.79. The maximum absolute atomic E-state index is 6.20. The second-order valence-corrected chi connectivity index (χ2v) is 5.31. The molecule has 0 radical (unpaired) electrons. The molecule has 1 aromatic carbocycles. The topological polar surface area (TPSA) is 29.3 Å². The molecule has 2 N–H and O–H groups in total. The van der Waals surface area contributed by atoms with E-state index in [1.54, 1.807) is 0 Å². The molecule has 2 atom stereocenters. The highest BCUT2D eigenvalue weighted by Gasteiger charge is 2.19. The van der Waals surface area contributed by atoms with Crippen LogP contribution in [0.3, 0.4) is 0 Å². The Hall–Kier alpha value is -0.640. The third-order valence-corrected chi connectivity index (χ3v) is 3.67. The van der Waals surface area contributed by atoms with E-state index in [4.69, 9.17) is 29.6 Å². The van der Waals surface area contributed by atoms with E-state index in [-0.39, 0.29) is 6.04 Å². The summed E-state index contributed by atoms with van der Waals surface area (Å²) >= 11 is 11.1. The molecule has 0 aliphatic carbocycles. The van der Waals surface area contributed by atoms with Gasteiger partial charge >= 0.3 is 0 Å². The van der Waals surface area contributed by atoms with E-state index in [0.717, 1.165) is 17.0 Å². The maximum atomic E-state index is 6.20. The fourth-order valence-electron chi connectivity index (χ4n) is 1.85. The largest absolute Gasteiger partial charge is 0.393 e. The van der Waals surface area contributed by atoms with Crippen molar-refractivity contribution in [1.82, 2.24) is 4.90 Å². The van der Waals surface area contributed by atoms with Gasteiger partial charge in [-0.3, -0.25) is 4.90 Å². The summed E-state index contributed by atoms with van der Waals surface area (Å²) in [5, 5.41) is 0.800. The molecule has 0 bridgehead atoms. The molecule has 1 rings (SSSR count). The van der Waals surface area contributed by atoms with Crippen LogP contribution in [0.1, 0.15) is 31.9 Å². The van der Waals surface area contributed by atoms with Crippen molar-refractivity contribution in [2.45, 2.75) is 32.4 Å². The SMILES string of the molecule is CC(CC(N)=S)N(C)C(C)c1ccccc1Cl. The fourth-order valence-corrected chi connectivity index (χ4v) is 2.39. The third kappa shape index (κ3) is 3.95. The van der Waals surface area contributed by atoms with E-state index in [9.17, 15) is 0 Å². The number of nitrogens with two attached hydrogens (primary N) is 1. The molecule has 0 saturated carbocycles. The van der Waals surface area contributed by atoms with Crippen LogP contribution in [0.25, 0.3) is 0 Å². The summed E-state index contributed by atoms with van der Waals surface area (Å²) in [6, 6.07) is 8.46. The summed E-state index contributed by atoms with van der Waals surface area (Å²) in [5.41, 5.74) is 6.71. The molecule has 0 amide bonds. The molecular formula is C13H19ClN2S. The fraction of sp³-hybridized carbons (Fsp3) is 0.462. The van der Waals surface area contributed by atoms with Gasteiger partial charge in [-0.05, 0) is 32.5 Å². The van der Waals surface area contributed by atoms with Crippen molar-refractivity contribution in [2.24, 2.45) is 5.73 Å². The first-order valence-electron chi connectivity index (χ1n) is 5.68. The Morgan fingerprint density at radius 3 is 2.53 bits per heavy atom. The molecule has 1 aromatic rings. The lowest BCUT2D eigenvalue weighted by Crippen LogP contribution is -2.34. The smallest absolute Gasteiger partial charge is 0.0742 e. The van der Waals surface area contributed by atoms with Gasteiger partial charge in [-0.15, -0.1) is 0 Å². The minimum absolute atomic E-state index is 0.244. The van der Waals surface area contributed by atoms with E-state index >= 15 is 0 Å². The van der Waals surface area contributed by atoms with E-state index in [0.29, 0.717) is 11.0 Å². The number of halogens is 1. The maximum Gasteiger partial charge on any atom is 0.0742 e. The predicted octanol–water partition coefficient (Wildman–Crippen LogP) is 3.40. The van der Waals surface area contributed by atoms with Crippen LogP contribution in [-0.2, 0) is 0 Å². The molecule has 0 heterocycles. The van der Waals surface area contributed by atoms with Gasteiger partial charge in [0.2, 0.25) is 0 Å². The van der Waals surface area contributed by atoms with Crippen LogP contribution in [-0.4, -0.2) is 23.0 Å². The van der Waals surface area contributed by atoms with Crippen molar-refractivity contribution < 1.29 is 0 Å². The van der Waals surface area contributed by atoms with Crippen LogP contribution in [0.4, 0.5) is 0 Å². The number of rotatable bonds is 5. The normalized spacial score (nSPS) is 14.6. The first-order valence-corrected chi connectivity index (χ1v) is 6.46. The van der Waals surface area contributed by atoms with E-state index < -0.39 is 0 Å². The zero-order chi connectivity index (χ0) is 13.0. The predicted molar refractivity (Wildman–Crippen MR) is 78.5 cm³/mol. The van der Waals surface area contributed by atoms with Gasteiger partial charge in [-0.25, -0.2) is 0 Å². The highest BCUT2D eigenvalue weighted by molar-refractivity contribution is 7.80. The zero-order valence-electron chi connectivity index (χ0n) is 10.5. The van der Waals surface area contributed by atoms with Crippen LogP contribution >= 0.6 is 23.8 Å². The monoisotopic (exact) mass is 270 g/mol. The van der Waals surface area contributed by atoms with Gasteiger partial charge < -0.3 is 5.73 Å². The van der Waals surface area contributed by atoms with Crippen molar-refractivity contribution >= 4 is 28.8 Å². The van der Waals surface area contributed by atoms with Gasteiger partial charge in [0, 0.05) is 23.5 Å².